The summed E-state index contributed by atoms with van der Waals surface area (Å²) in [4.78, 5) is 4.52. The monoisotopic (exact) mass is 456 g/mol. The molecule has 4 rings (SSSR count). The predicted octanol–water partition coefficient (Wildman–Crippen LogP) is 5.42. The number of hydrogen-bond donors (Lipinski definition) is 1. The molecule has 0 atom stereocenters. The van der Waals surface area contributed by atoms with E-state index < -0.39 is 0 Å². The molecule has 0 radical (unpaired) electrons. The predicted molar refractivity (Wildman–Crippen MR) is 125 cm³/mol. The molecule has 1 aromatic carbocycles. The summed E-state index contributed by atoms with van der Waals surface area (Å²) in [5.41, 5.74) is 1.00. The van der Waals surface area contributed by atoms with E-state index in [-0.39, 0.29) is 0 Å². The van der Waals surface area contributed by atoms with Gasteiger partial charge >= 0.3 is 0 Å². The fourth-order valence-corrected chi connectivity index (χ4v) is 4.92. The van der Waals surface area contributed by atoms with E-state index in [2.05, 4.69) is 37.1 Å². The number of aryl methyl sites for hydroxylation is 1. The Hall–Kier alpha value is -2.55. The maximum atomic E-state index is 5.38. The Morgan fingerprint density at radius 2 is 2.09 bits per heavy atom. The highest BCUT2D eigenvalue weighted by molar-refractivity contribution is 7.98. The lowest BCUT2D eigenvalue weighted by atomic mass is 9.95. The average Bonchev–Trinajstić information content (AvgIpc) is 3.47. The van der Waals surface area contributed by atoms with Crippen molar-refractivity contribution in [1.82, 2.24) is 24.9 Å². The number of ether oxygens (including phenoxy) is 1. The van der Waals surface area contributed by atoms with Crippen LogP contribution in [0.5, 0.6) is 5.75 Å². The molecule has 1 N–H and O–H groups in total. The number of rotatable bonds is 11. The summed E-state index contributed by atoms with van der Waals surface area (Å²) in [7, 11) is 1.68. The molecule has 172 valence electrons. The van der Waals surface area contributed by atoms with Crippen molar-refractivity contribution in [3.05, 3.63) is 41.8 Å². The molecule has 3 aromatic rings. The Morgan fingerprint density at radius 3 is 2.91 bits per heavy atom. The molecular formula is C23H32N6O2S. The van der Waals surface area contributed by atoms with Gasteiger partial charge in [0.1, 0.15) is 5.75 Å². The number of nitrogens with zero attached hydrogens (tertiary/aromatic N) is 5. The van der Waals surface area contributed by atoms with Gasteiger partial charge in [-0.3, -0.25) is 0 Å². The standard InChI is InChI=1S/C23H32N6O2S/c1-3-4-13-22-25-20(28-31-22)16-32-23-27-26-21(29(23)18-10-6-5-7-11-18)15-24-17-9-8-12-19(14-17)30-2/h8-9,12,14,18,24H,3-7,10-11,13,15-16H2,1-2H3. The molecule has 2 aromatic heterocycles. The summed E-state index contributed by atoms with van der Waals surface area (Å²) in [6, 6.07) is 8.38. The minimum absolute atomic E-state index is 0.439. The minimum atomic E-state index is 0.439. The minimum Gasteiger partial charge on any atom is -0.497 e. The fourth-order valence-electron chi connectivity index (χ4n) is 4.05. The van der Waals surface area contributed by atoms with E-state index in [4.69, 9.17) is 9.26 Å². The number of hydrogen-bond acceptors (Lipinski definition) is 8. The van der Waals surface area contributed by atoms with Crippen LogP contribution in [-0.4, -0.2) is 32.0 Å². The molecule has 1 aliphatic carbocycles. The van der Waals surface area contributed by atoms with E-state index >= 15 is 0 Å². The number of methoxy groups -OCH3 is 1. The molecule has 9 heteroatoms. The maximum absolute atomic E-state index is 5.38. The van der Waals surface area contributed by atoms with Gasteiger partial charge in [0, 0.05) is 24.2 Å². The van der Waals surface area contributed by atoms with Crippen molar-refractivity contribution in [3.63, 3.8) is 0 Å². The van der Waals surface area contributed by atoms with Gasteiger partial charge < -0.3 is 19.1 Å². The van der Waals surface area contributed by atoms with Crippen molar-refractivity contribution in [2.45, 2.75) is 81.8 Å². The van der Waals surface area contributed by atoms with Crippen LogP contribution in [-0.2, 0) is 18.7 Å². The van der Waals surface area contributed by atoms with E-state index in [1.807, 2.05) is 24.3 Å². The van der Waals surface area contributed by atoms with Crippen LogP contribution >= 0.6 is 11.8 Å². The van der Waals surface area contributed by atoms with Gasteiger partial charge in [-0.15, -0.1) is 10.2 Å². The van der Waals surface area contributed by atoms with Crippen molar-refractivity contribution in [1.29, 1.82) is 0 Å². The number of unbranched alkanes of at least 4 members (excludes halogenated alkanes) is 1. The molecule has 32 heavy (non-hydrogen) atoms. The first-order valence-corrected chi connectivity index (χ1v) is 12.5. The van der Waals surface area contributed by atoms with Crippen molar-refractivity contribution in [2.24, 2.45) is 0 Å². The molecule has 0 bridgehead atoms. The Morgan fingerprint density at radius 1 is 1.22 bits per heavy atom. The number of anilines is 1. The number of nitrogens with one attached hydrogen (secondary N) is 1. The Kier molecular flexibility index (Phi) is 8.03. The molecule has 0 unspecified atom stereocenters. The van der Waals surface area contributed by atoms with Gasteiger partial charge in [0.2, 0.25) is 5.89 Å². The van der Waals surface area contributed by atoms with Crippen LogP contribution in [0.25, 0.3) is 0 Å². The highest BCUT2D eigenvalue weighted by Crippen LogP contribution is 2.33. The summed E-state index contributed by atoms with van der Waals surface area (Å²) >= 11 is 1.64. The highest BCUT2D eigenvalue weighted by Gasteiger charge is 2.23. The zero-order valence-electron chi connectivity index (χ0n) is 18.9. The first kappa shape index (κ1) is 22.6. The highest BCUT2D eigenvalue weighted by atomic mass is 32.2. The van der Waals surface area contributed by atoms with E-state index in [0.29, 0.717) is 18.3 Å². The summed E-state index contributed by atoms with van der Waals surface area (Å²) in [5.74, 6) is 3.86. The molecule has 1 aliphatic rings. The Balaban J connectivity index is 1.46. The number of thioether (sulfide) groups is 1. The van der Waals surface area contributed by atoms with Crippen molar-refractivity contribution >= 4 is 17.4 Å². The van der Waals surface area contributed by atoms with E-state index in [0.717, 1.165) is 53.4 Å². The van der Waals surface area contributed by atoms with Crippen LogP contribution in [0.2, 0.25) is 0 Å². The van der Waals surface area contributed by atoms with Crippen LogP contribution in [0.1, 0.15) is 75.5 Å². The zero-order valence-corrected chi connectivity index (χ0v) is 19.7. The van der Waals surface area contributed by atoms with Crippen LogP contribution in [0.4, 0.5) is 5.69 Å². The lowest BCUT2D eigenvalue weighted by Crippen LogP contribution is -2.18. The van der Waals surface area contributed by atoms with Crippen molar-refractivity contribution in [2.75, 3.05) is 12.4 Å². The number of aromatic nitrogens is 5. The van der Waals surface area contributed by atoms with Crippen molar-refractivity contribution in [3.8, 4) is 5.75 Å². The van der Waals surface area contributed by atoms with Gasteiger partial charge in [0.15, 0.2) is 16.8 Å². The van der Waals surface area contributed by atoms with Gasteiger partial charge in [-0.05, 0) is 31.4 Å². The van der Waals surface area contributed by atoms with Gasteiger partial charge in [-0.2, -0.15) is 4.98 Å². The molecule has 1 fully saturated rings. The SMILES string of the molecule is CCCCc1nc(CSc2nnc(CNc3cccc(OC)c3)n2C2CCCCC2)no1. The molecule has 0 saturated heterocycles. The third kappa shape index (κ3) is 5.82. The number of benzene rings is 1. The second-order valence-electron chi connectivity index (χ2n) is 8.14. The molecular weight excluding hydrogens is 424 g/mol. The molecule has 1 saturated carbocycles. The molecule has 0 amide bonds. The lowest BCUT2D eigenvalue weighted by Gasteiger charge is -2.25. The van der Waals surface area contributed by atoms with E-state index in [1.165, 1.54) is 32.1 Å². The normalized spacial score (nSPS) is 14.6. The smallest absolute Gasteiger partial charge is 0.226 e. The topological polar surface area (TPSA) is 90.9 Å². The summed E-state index contributed by atoms with van der Waals surface area (Å²) in [6.07, 6.45) is 9.16. The first-order chi connectivity index (χ1) is 15.8. The molecule has 0 aliphatic heterocycles. The zero-order chi connectivity index (χ0) is 22.2. The molecule has 8 nitrogen and oxygen atoms in total. The van der Waals surface area contributed by atoms with Crippen LogP contribution < -0.4 is 10.1 Å². The summed E-state index contributed by atoms with van der Waals surface area (Å²) < 4.78 is 13.0. The third-order valence-corrected chi connectivity index (χ3v) is 6.72. The summed E-state index contributed by atoms with van der Waals surface area (Å²) in [6.45, 7) is 2.77. The van der Waals surface area contributed by atoms with Crippen LogP contribution in [0.15, 0.2) is 33.9 Å². The summed E-state index contributed by atoms with van der Waals surface area (Å²) in [5, 5.41) is 17.6. The van der Waals surface area contributed by atoms with E-state index in [1.54, 1.807) is 18.9 Å². The fraction of sp³-hybridized carbons (Fsp3) is 0.565. The van der Waals surface area contributed by atoms with Gasteiger partial charge in [0.05, 0.1) is 19.4 Å². The first-order valence-electron chi connectivity index (χ1n) is 11.5. The lowest BCUT2D eigenvalue weighted by molar-refractivity contribution is 0.330. The molecule has 2 heterocycles. The maximum Gasteiger partial charge on any atom is 0.226 e. The van der Waals surface area contributed by atoms with Crippen molar-refractivity contribution < 1.29 is 9.26 Å². The van der Waals surface area contributed by atoms with Gasteiger partial charge in [0.25, 0.3) is 0 Å². The second-order valence-corrected chi connectivity index (χ2v) is 9.09. The third-order valence-electron chi connectivity index (χ3n) is 5.78. The van der Waals surface area contributed by atoms with Crippen LogP contribution in [0, 0.1) is 0 Å². The second kappa shape index (κ2) is 11.4. The van der Waals surface area contributed by atoms with Gasteiger partial charge in [-0.1, -0.05) is 55.6 Å². The quantitative estimate of drug-likeness (QED) is 0.382. The molecule has 0 spiro atoms. The van der Waals surface area contributed by atoms with Crippen LogP contribution in [0.3, 0.4) is 0 Å². The average molecular weight is 457 g/mol. The Bertz CT molecular complexity index is 983. The largest absolute Gasteiger partial charge is 0.497 e. The Labute approximate surface area is 193 Å². The van der Waals surface area contributed by atoms with Gasteiger partial charge in [-0.25, -0.2) is 0 Å². The van der Waals surface area contributed by atoms with E-state index in [9.17, 15) is 0 Å².